The number of carboxylic acids is 1. The van der Waals surface area contributed by atoms with Crippen LogP contribution in [-0.4, -0.2) is 77.9 Å². The van der Waals surface area contributed by atoms with Gasteiger partial charge in [-0.05, 0) is 11.6 Å². The Morgan fingerprint density at radius 2 is 2.21 bits per heavy atom. The average Bonchev–Trinajstić information content (AvgIpc) is 3.26. The molecule has 5 N–H and O–H groups in total. The number of aliphatic carboxylic acids is 1. The SMILES string of the molecule is COc1ncncc1/C=C\C1=C(C(=O)O)N2C(=O)[C@@H](NC(=O)/C(=N\O)c3csc(N)n3)[C@H]2SC1. The lowest BCUT2D eigenvalue weighted by molar-refractivity contribution is -0.150. The quantitative estimate of drug-likeness (QED) is 0.174. The second-order valence-electron chi connectivity index (χ2n) is 6.88. The number of carbonyl (C=O) groups excluding carboxylic acids is 2. The van der Waals surface area contributed by atoms with Crippen LogP contribution >= 0.6 is 23.1 Å². The minimum absolute atomic E-state index is 0.0567. The number of nitrogens with two attached hydrogens (primary N) is 1. The average molecular weight is 504 g/mol. The standard InChI is InChI=1S/C19H17N7O6S2/c1-32-15-8(4-21-7-22-15)2-3-9-5-33-17-12(16(28)26(17)13(9)18(29)30)24-14(27)11(25-31)10-6-34-19(20)23-10/h2-4,6-7,12,17,31H,5H2,1H3,(H2,20,23)(H,24,27)(H,29,30)/b3-2-,25-11-/t12-,17-/m1/s1. The summed E-state index contributed by atoms with van der Waals surface area (Å²) in [6.07, 6.45) is 6.00. The minimum atomic E-state index is -1.28. The highest BCUT2D eigenvalue weighted by Crippen LogP contribution is 2.41. The number of β-lactam (4-membered cyclic amide) rings is 1. The van der Waals surface area contributed by atoms with Gasteiger partial charge in [0.25, 0.3) is 11.8 Å². The summed E-state index contributed by atoms with van der Waals surface area (Å²) in [6.45, 7) is 0. The second kappa shape index (κ2) is 9.48. The number of fused-ring (bicyclic) bond motifs is 1. The van der Waals surface area contributed by atoms with Crippen molar-refractivity contribution < 1.29 is 29.4 Å². The number of rotatable bonds is 7. The van der Waals surface area contributed by atoms with Gasteiger partial charge in [0, 0.05) is 17.3 Å². The predicted octanol–water partition coefficient (Wildman–Crippen LogP) is 0.154. The summed E-state index contributed by atoms with van der Waals surface area (Å²) in [4.78, 5) is 50.3. The summed E-state index contributed by atoms with van der Waals surface area (Å²) in [5, 5.41) is 25.4. The number of hydrogen-bond acceptors (Lipinski definition) is 12. The number of thiazole rings is 1. The number of ether oxygens (including phenoxy) is 1. The molecule has 15 heteroatoms. The van der Waals surface area contributed by atoms with Crippen molar-refractivity contribution in [3.8, 4) is 5.88 Å². The molecule has 0 aromatic carbocycles. The fourth-order valence-corrected chi connectivity index (χ4v) is 5.26. The van der Waals surface area contributed by atoms with Gasteiger partial charge in [-0.25, -0.2) is 19.7 Å². The van der Waals surface area contributed by atoms with Crippen molar-refractivity contribution in [2.75, 3.05) is 18.6 Å². The molecular formula is C19H17N7O6S2. The van der Waals surface area contributed by atoms with Crippen molar-refractivity contribution >= 4 is 57.8 Å². The van der Waals surface area contributed by atoms with E-state index in [1.54, 1.807) is 12.2 Å². The molecule has 4 rings (SSSR count). The Hall–Kier alpha value is -3.98. The number of nitrogens with zero attached hydrogens (tertiary/aromatic N) is 5. The van der Waals surface area contributed by atoms with Crippen molar-refractivity contribution in [1.82, 2.24) is 25.2 Å². The summed E-state index contributed by atoms with van der Waals surface area (Å²) < 4.78 is 5.16. The van der Waals surface area contributed by atoms with Gasteiger partial charge in [0.2, 0.25) is 5.88 Å². The van der Waals surface area contributed by atoms with E-state index in [1.165, 1.54) is 36.8 Å². The van der Waals surface area contributed by atoms with Gasteiger partial charge >= 0.3 is 5.97 Å². The lowest BCUT2D eigenvalue weighted by atomic mass is 10.0. The minimum Gasteiger partial charge on any atom is -0.480 e. The van der Waals surface area contributed by atoms with Gasteiger partial charge in [0.1, 0.15) is 29.1 Å². The van der Waals surface area contributed by atoms with Crippen LogP contribution in [0.2, 0.25) is 0 Å². The van der Waals surface area contributed by atoms with E-state index in [2.05, 4.69) is 25.4 Å². The number of allylic oxidation sites excluding steroid dienone is 1. The first-order valence-electron chi connectivity index (χ1n) is 9.53. The maximum Gasteiger partial charge on any atom is 0.352 e. The molecule has 2 aliphatic heterocycles. The largest absolute Gasteiger partial charge is 0.480 e. The highest BCUT2D eigenvalue weighted by atomic mass is 32.2. The van der Waals surface area contributed by atoms with Gasteiger partial charge in [0.15, 0.2) is 10.8 Å². The molecule has 2 aromatic heterocycles. The van der Waals surface area contributed by atoms with Gasteiger partial charge in [-0.15, -0.1) is 23.1 Å². The molecule has 176 valence electrons. The Labute approximate surface area is 200 Å². The summed E-state index contributed by atoms with van der Waals surface area (Å²) in [6, 6.07) is -1.01. The van der Waals surface area contributed by atoms with Gasteiger partial charge in [0.05, 0.1) is 12.7 Å². The smallest absolute Gasteiger partial charge is 0.352 e. The van der Waals surface area contributed by atoms with Crippen LogP contribution in [-0.2, 0) is 14.4 Å². The van der Waals surface area contributed by atoms with Crippen LogP contribution in [0, 0.1) is 0 Å². The van der Waals surface area contributed by atoms with E-state index in [1.807, 2.05) is 0 Å². The summed E-state index contributed by atoms with van der Waals surface area (Å²) in [7, 11) is 1.45. The number of carboxylic acid groups (broad SMARTS) is 1. The molecule has 0 spiro atoms. The first-order valence-corrected chi connectivity index (χ1v) is 11.5. The number of amides is 2. The van der Waals surface area contributed by atoms with Crippen LogP contribution < -0.4 is 15.8 Å². The van der Waals surface area contributed by atoms with Gasteiger partial charge in [-0.1, -0.05) is 11.2 Å². The molecule has 34 heavy (non-hydrogen) atoms. The van der Waals surface area contributed by atoms with Crippen LogP contribution in [0.25, 0.3) is 6.08 Å². The van der Waals surface area contributed by atoms with E-state index in [4.69, 9.17) is 10.5 Å². The lowest BCUT2D eigenvalue weighted by Gasteiger charge is -2.49. The van der Waals surface area contributed by atoms with Crippen LogP contribution in [0.3, 0.4) is 0 Å². The van der Waals surface area contributed by atoms with E-state index in [0.717, 1.165) is 16.2 Å². The van der Waals surface area contributed by atoms with E-state index < -0.39 is 34.9 Å². The molecule has 0 radical (unpaired) electrons. The fourth-order valence-electron chi connectivity index (χ4n) is 3.39. The summed E-state index contributed by atoms with van der Waals surface area (Å²) in [5.74, 6) is -2.15. The van der Waals surface area contributed by atoms with E-state index in [0.29, 0.717) is 17.0 Å². The molecule has 0 aliphatic carbocycles. The van der Waals surface area contributed by atoms with Crippen molar-refractivity contribution in [3.63, 3.8) is 0 Å². The molecule has 0 bridgehead atoms. The molecule has 0 saturated carbocycles. The monoisotopic (exact) mass is 503 g/mol. The van der Waals surface area contributed by atoms with Crippen molar-refractivity contribution in [2.45, 2.75) is 11.4 Å². The second-order valence-corrected chi connectivity index (χ2v) is 8.87. The Morgan fingerprint density at radius 3 is 2.85 bits per heavy atom. The fraction of sp³-hybridized carbons (Fsp3) is 0.211. The third-order valence-corrected chi connectivity index (χ3v) is 6.90. The van der Waals surface area contributed by atoms with E-state index >= 15 is 0 Å². The number of oxime groups is 1. The lowest BCUT2D eigenvalue weighted by Crippen LogP contribution is -2.71. The Bertz CT molecular complexity index is 1260. The Morgan fingerprint density at radius 1 is 1.41 bits per heavy atom. The van der Waals surface area contributed by atoms with Crippen LogP contribution in [0.5, 0.6) is 5.88 Å². The zero-order valence-electron chi connectivity index (χ0n) is 17.4. The molecule has 13 nitrogen and oxygen atoms in total. The van der Waals surface area contributed by atoms with Crippen LogP contribution in [0.1, 0.15) is 11.3 Å². The van der Waals surface area contributed by atoms with Gasteiger partial charge < -0.3 is 26.1 Å². The molecular weight excluding hydrogens is 486 g/mol. The van der Waals surface area contributed by atoms with Crippen molar-refractivity contribution in [3.05, 3.63) is 46.5 Å². The molecule has 1 fully saturated rings. The zero-order chi connectivity index (χ0) is 24.4. The normalized spacial score (nSPS) is 20.2. The van der Waals surface area contributed by atoms with Crippen LogP contribution in [0.4, 0.5) is 5.13 Å². The molecule has 0 unspecified atom stereocenters. The number of methoxy groups -OCH3 is 1. The zero-order valence-corrected chi connectivity index (χ0v) is 19.0. The number of thioether (sulfide) groups is 1. The van der Waals surface area contributed by atoms with Crippen molar-refractivity contribution in [1.29, 1.82) is 0 Å². The number of carbonyl (C=O) groups is 3. The summed E-state index contributed by atoms with van der Waals surface area (Å²) >= 11 is 2.33. The maximum absolute atomic E-state index is 12.8. The third kappa shape index (κ3) is 4.17. The van der Waals surface area contributed by atoms with E-state index in [-0.39, 0.29) is 22.3 Å². The highest BCUT2D eigenvalue weighted by molar-refractivity contribution is 8.00. The summed E-state index contributed by atoms with van der Waals surface area (Å²) in [5.41, 5.74) is 5.95. The highest BCUT2D eigenvalue weighted by Gasteiger charge is 2.54. The molecule has 2 aliphatic rings. The molecule has 2 aromatic rings. The first-order chi connectivity index (χ1) is 16.3. The van der Waals surface area contributed by atoms with Gasteiger partial charge in [-0.2, -0.15) is 0 Å². The molecule has 2 amide bonds. The number of aromatic nitrogens is 3. The number of nitrogen functional groups attached to an aromatic ring is 1. The molecule has 1 saturated heterocycles. The first kappa shape index (κ1) is 23.2. The van der Waals surface area contributed by atoms with Gasteiger partial charge in [-0.3, -0.25) is 14.5 Å². The Balaban J connectivity index is 1.54. The maximum atomic E-state index is 12.8. The molecule has 2 atom stereocenters. The number of hydrogen-bond donors (Lipinski definition) is 4. The third-order valence-electron chi connectivity index (χ3n) is 4.93. The number of anilines is 1. The predicted molar refractivity (Wildman–Crippen MR) is 122 cm³/mol. The van der Waals surface area contributed by atoms with E-state index in [9.17, 15) is 24.7 Å². The van der Waals surface area contributed by atoms with Crippen LogP contribution in [0.15, 0.2) is 40.4 Å². The Kier molecular flexibility index (Phi) is 6.47. The topological polar surface area (TPSA) is 193 Å². The number of nitrogens with one attached hydrogen (secondary N) is 1. The molecule has 4 heterocycles. The van der Waals surface area contributed by atoms with Crippen molar-refractivity contribution in [2.24, 2.45) is 5.16 Å².